The topological polar surface area (TPSA) is 29.6 Å². The standard InChI is InChI=1S/C19H18FN3S/c1-13-8-9-15(14(2)10-13)11-22-23-18(12-24-19(23)21-3)16-6-4-5-7-17(16)20/h4-12H,1-3H3/b21-19?,22-11-. The second-order valence-corrected chi connectivity index (χ2v) is 6.36. The molecule has 0 aliphatic rings. The second kappa shape index (κ2) is 6.93. The zero-order chi connectivity index (χ0) is 17.1. The van der Waals surface area contributed by atoms with Gasteiger partial charge in [0, 0.05) is 18.0 Å². The van der Waals surface area contributed by atoms with Crippen LogP contribution >= 0.6 is 11.3 Å². The van der Waals surface area contributed by atoms with Crippen molar-refractivity contribution in [2.75, 3.05) is 7.05 Å². The first-order valence-electron chi connectivity index (χ1n) is 7.60. The van der Waals surface area contributed by atoms with E-state index in [0.717, 1.165) is 11.1 Å². The first-order valence-corrected chi connectivity index (χ1v) is 8.48. The maximum Gasteiger partial charge on any atom is 0.205 e. The molecule has 5 heteroatoms. The number of aryl methyl sites for hydroxylation is 2. The molecule has 1 aromatic heterocycles. The first-order chi connectivity index (χ1) is 11.6. The molecule has 3 rings (SSSR count). The van der Waals surface area contributed by atoms with Crippen molar-refractivity contribution >= 4 is 17.6 Å². The van der Waals surface area contributed by atoms with Gasteiger partial charge in [0.1, 0.15) is 5.82 Å². The molecule has 0 radical (unpaired) electrons. The van der Waals surface area contributed by atoms with Crippen LogP contribution in [0.2, 0.25) is 0 Å². The van der Waals surface area contributed by atoms with Crippen LogP contribution in [-0.2, 0) is 0 Å². The van der Waals surface area contributed by atoms with Crippen molar-refractivity contribution in [3.05, 3.63) is 75.2 Å². The zero-order valence-electron chi connectivity index (χ0n) is 13.8. The first kappa shape index (κ1) is 16.3. The van der Waals surface area contributed by atoms with Crippen molar-refractivity contribution in [2.45, 2.75) is 13.8 Å². The van der Waals surface area contributed by atoms with Crippen molar-refractivity contribution in [2.24, 2.45) is 10.1 Å². The average Bonchev–Trinajstić information content (AvgIpc) is 2.97. The maximum atomic E-state index is 14.1. The van der Waals surface area contributed by atoms with Gasteiger partial charge >= 0.3 is 0 Å². The van der Waals surface area contributed by atoms with Crippen LogP contribution in [0.15, 0.2) is 57.9 Å². The molecule has 24 heavy (non-hydrogen) atoms. The molecule has 0 aliphatic heterocycles. The molecule has 0 unspecified atom stereocenters. The van der Waals surface area contributed by atoms with E-state index in [2.05, 4.69) is 36.1 Å². The summed E-state index contributed by atoms with van der Waals surface area (Å²) in [6.45, 7) is 4.11. The summed E-state index contributed by atoms with van der Waals surface area (Å²) in [5.74, 6) is -0.270. The van der Waals surface area contributed by atoms with Gasteiger partial charge in [0.05, 0.1) is 11.9 Å². The van der Waals surface area contributed by atoms with Crippen LogP contribution in [0.4, 0.5) is 4.39 Å². The van der Waals surface area contributed by atoms with Gasteiger partial charge in [-0.15, -0.1) is 11.3 Å². The van der Waals surface area contributed by atoms with Gasteiger partial charge in [-0.1, -0.05) is 35.9 Å². The summed E-state index contributed by atoms with van der Waals surface area (Å²) in [5.41, 5.74) is 4.60. The molecule has 2 aromatic carbocycles. The molecule has 0 atom stereocenters. The van der Waals surface area contributed by atoms with E-state index in [-0.39, 0.29) is 5.82 Å². The van der Waals surface area contributed by atoms with Crippen LogP contribution < -0.4 is 4.80 Å². The van der Waals surface area contributed by atoms with Crippen LogP contribution in [0.5, 0.6) is 0 Å². The highest BCUT2D eigenvalue weighted by Crippen LogP contribution is 2.23. The molecular weight excluding hydrogens is 321 g/mol. The van der Waals surface area contributed by atoms with E-state index in [9.17, 15) is 4.39 Å². The predicted molar refractivity (Wildman–Crippen MR) is 98.1 cm³/mol. The number of nitrogens with zero attached hydrogens (tertiary/aromatic N) is 3. The molecule has 0 bridgehead atoms. The maximum absolute atomic E-state index is 14.1. The fraction of sp³-hybridized carbons (Fsp3) is 0.158. The van der Waals surface area contributed by atoms with Gasteiger partial charge < -0.3 is 0 Å². The normalized spacial score (nSPS) is 12.2. The Hall–Kier alpha value is -2.53. The minimum absolute atomic E-state index is 0.270. The largest absolute Gasteiger partial charge is 0.261 e. The Morgan fingerprint density at radius 1 is 1.12 bits per heavy atom. The molecule has 0 fully saturated rings. The highest BCUT2D eigenvalue weighted by atomic mass is 32.1. The number of rotatable bonds is 3. The second-order valence-electron chi connectivity index (χ2n) is 5.52. The Kier molecular flexibility index (Phi) is 4.71. The molecule has 122 valence electrons. The predicted octanol–water partition coefficient (Wildman–Crippen LogP) is 4.39. The fourth-order valence-electron chi connectivity index (χ4n) is 2.51. The molecule has 0 aliphatic carbocycles. The van der Waals surface area contributed by atoms with E-state index in [1.54, 1.807) is 30.1 Å². The lowest BCUT2D eigenvalue weighted by molar-refractivity contribution is 0.629. The Morgan fingerprint density at radius 2 is 1.92 bits per heavy atom. The quantitative estimate of drug-likeness (QED) is 0.634. The molecule has 3 nitrogen and oxygen atoms in total. The van der Waals surface area contributed by atoms with Crippen LogP contribution in [0.25, 0.3) is 11.3 Å². The summed E-state index contributed by atoms with van der Waals surface area (Å²) in [7, 11) is 1.71. The number of benzene rings is 2. The summed E-state index contributed by atoms with van der Waals surface area (Å²) >= 11 is 1.44. The molecule has 1 heterocycles. The van der Waals surface area contributed by atoms with Crippen LogP contribution in [0.1, 0.15) is 16.7 Å². The Balaban J connectivity index is 2.09. The van der Waals surface area contributed by atoms with Crippen LogP contribution in [0.3, 0.4) is 0 Å². The molecule has 0 spiro atoms. The number of aromatic nitrogens is 1. The third-order valence-corrected chi connectivity index (χ3v) is 4.67. The zero-order valence-corrected chi connectivity index (χ0v) is 14.6. The number of hydrogen-bond acceptors (Lipinski definition) is 3. The van der Waals surface area contributed by atoms with E-state index in [0.29, 0.717) is 16.1 Å². The number of halogens is 1. The lowest BCUT2D eigenvalue weighted by Gasteiger charge is -2.05. The lowest BCUT2D eigenvalue weighted by atomic mass is 10.1. The van der Waals surface area contributed by atoms with Crippen molar-refractivity contribution in [3.63, 3.8) is 0 Å². The molecule has 0 saturated heterocycles. The smallest absolute Gasteiger partial charge is 0.205 e. The molecule has 0 saturated carbocycles. The molecule has 3 aromatic rings. The molecule has 0 N–H and O–H groups in total. The minimum Gasteiger partial charge on any atom is -0.261 e. The molecule has 0 amide bonds. The van der Waals surface area contributed by atoms with Gasteiger partial charge in [-0.05, 0) is 37.1 Å². The summed E-state index contributed by atoms with van der Waals surface area (Å²) in [5, 5.41) is 6.43. The minimum atomic E-state index is -0.270. The van der Waals surface area contributed by atoms with Gasteiger partial charge in [0.15, 0.2) is 0 Å². The number of hydrogen-bond donors (Lipinski definition) is 0. The van der Waals surface area contributed by atoms with Crippen molar-refractivity contribution < 1.29 is 4.39 Å². The van der Waals surface area contributed by atoms with Gasteiger partial charge in [0.2, 0.25) is 4.80 Å². The fourth-order valence-corrected chi connectivity index (χ4v) is 3.30. The van der Waals surface area contributed by atoms with Gasteiger partial charge in [0.25, 0.3) is 0 Å². The monoisotopic (exact) mass is 339 g/mol. The summed E-state index contributed by atoms with van der Waals surface area (Å²) < 4.78 is 15.8. The average molecular weight is 339 g/mol. The van der Waals surface area contributed by atoms with E-state index in [4.69, 9.17) is 0 Å². The SMILES string of the molecule is CN=c1scc(-c2ccccc2F)n1/N=C\c1ccc(C)cc1C. The Morgan fingerprint density at radius 3 is 2.62 bits per heavy atom. The van der Waals surface area contributed by atoms with Gasteiger partial charge in [-0.25, -0.2) is 9.07 Å². The third-order valence-electron chi connectivity index (χ3n) is 3.76. The lowest BCUT2D eigenvalue weighted by Crippen LogP contribution is -2.12. The van der Waals surface area contributed by atoms with Crippen molar-refractivity contribution in [1.82, 2.24) is 4.68 Å². The van der Waals surface area contributed by atoms with Gasteiger partial charge in [-0.3, -0.25) is 4.99 Å². The van der Waals surface area contributed by atoms with Crippen LogP contribution in [0, 0.1) is 19.7 Å². The third kappa shape index (κ3) is 3.21. The van der Waals surface area contributed by atoms with Crippen molar-refractivity contribution in [1.29, 1.82) is 0 Å². The summed E-state index contributed by atoms with van der Waals surface area (Å²) in [6.07, 6.45) is 1.79. The number of thiazole rings is 1. The summed E-state index contributed by atoms with van der Waals surface area (Å²) in [6, 6.07) is 12.9. The van der Waals surface area contributed by atoms with Crippen molar-refractivity contribution in [3.8, 4) is 11.3 Å². The summed E-state index contributed by atoms with van der Waals surface area (Å²) in [4.78, 5) is 4.96. The highest BCUT2D eigenvalue weighted by Gasteiger charge is 2.11. The Labute approximate surface area is 144 Å². The molecular formula is C19H18FN3S. The van der Waals surface area contributed by atoms with E-state index >= 15 is 0 Å². The Bertz CT molecular complexity index is 967. The van der Waals surface area contributed by atoms with Gasteiger partial charge in [-0.2, -0.15) is 5.10 Å². The van der Waals surface area contributed by atoms with E-state index in [1.807, 2.05) is 17.5 Å². The van der Waals surface area contributed by atoms with E-state index in [1.165, 1.54) is 23.0 Å². The van der Waals surface area contributed by atoms with Crippen LogP contribution in [-0.4, -0.2) is 17.9 Å². The highest BCUT2D eigenvalue weighted by molar-refractivity contribution is 7.07. The van der Waals surface area contributed by atoms with E-state index < -0.39 is 0 Å².